The van der Waals surface area contributed by atoms with Crippen LogP contribution in [0.2, 0.25) is 0 Å². The van der Waals surface area contributed by atoms with Crippen LogP contribution < -0.4 is 5.32 Å². The molecular formula is C27H26F3NO2S. The van der Waals surface area contributed by atoms with Crippen molar-refractivity contribution < 1.29 is 23.1 Å². The van der Waals surface area contributed by atoms with Gasteiger partial charge in [-0.15, -0.1) is 11.8 Å². The summed E-state index contributed by atoms with van der Waals surface area (Å²) in [6.07, 6.45) is -4.79. The van der Waals surface area contributed by atoms with Crippen molar-refractivity contribution in [3.8, 4) is 0 Å². The number of nitrogens with one attached hydrogen (secondary N) is 1. The number of hydrogen-bond acceptors (Lipinski definition) is 3. The van der Waals surface area contributed by atoms with Crippen LogP contribution in [0.3, 0.4) is 0 Å². The number of aliphatic hydroxyl groups excluding tert-OH is 1. The normalized spacial score (nSPS) is 21.1. The number of hydrogen-bond donors (Lipinski definition) is 2. The smallest absolute Gasteiger partial charge is 0.392 e. The van der Waals surface area contributed by atoms with Gasteiger partial charge in [0.2, 0.25) is 0 Å². The molecule has 1 fully saturated rings. The number of halogens is 3. The van der Waals surface area contributed by atoms with E-state index >= 15 is 0 Å². The molecule has 1 saturated carbocycles. The molecular weight excluding hydrogens is 459 g/mol. The number of carbonyl (C=O) groups excluding carboxylic acids is 1. The van der Waals surface area contributed by atoms with Gasteiger partial charge in [-0.3, -0.25) is 4.79 Å². The Kier molecular flexibility index (Phi) is 7.33. The lowest BCUT2D eigenvalue weighted by molar-refractivity contribution is -0.174. The van der Waals surface area contributed by atoms with Gasteiger partial charge < -0.3 is 10.4 Å². The molecule has 0 radical (unpaired) electrons. The van der Waals surface area contributed by atoms with Crippen molar-refractivity contribution in [2.45, 2.75) is 47.6 Å². The first-order valence-corrected chi connectivity index (χ1v) is 12.1. The topological polar surface area (TPSA) is 49.3 Å². The third kappa shape index (κ3) is 5.15. The minimum absolute atomic E-state index is 0.238. The van der Waals surface area contributed by atoms with E-state index in [1.807, 2.05) is 91.0 Å². The summed E-state index contributed by atoms with van der Waals surface area (Å²) in [4.78, 5) is 11.6. The van der Waals surface area contributed by atoms with Crippen molar-refractivity contribution >= 4 is 17.7 Å². The third-order valence-electron chi connectivity index (χ3n) is 6.22. The standard InChI is InChI=1S/C27H26F3NO2S/c28-27(29,30)25(33)31-22-16-17-23(32)24(18-22)34-26(19-10-4-1-5-11-19,20-12-6-2-7-13-20)21-14-8-3-9-15-21/h1-15,22-24,32H,16-18H2,(H,31,33)/t22-,23+,24+/m1/s1. The summed E-state index contributed by atoms with van der Waals surface area (Å²) in [5.74, 6) is -1.93. The van der Waals surface area contributed by atoms with Gasteiger partial charge in [0, 0.05) is 11.3 Å². The second-order valence-corrected chi connectivity index (χ2v) is 9.94. The van der Waals surface area contributed by atoms with Gasteiger partial charge in [0.25, 0.3) is 0 Å². The van der Waals surface area contributed by atoms with Gasteiger partial charge in [-0.05, 0) is 36.0 Å². The first-order valence-electron chi connectivity index (χ1n) is 11.2. The SMILES string of the molecule is O=C(N[C@@H]1CC[C@H](O)[C@@H](SC(c2ccccc2)(c2ccccc2)c2ccccc2)C1)C(F)(F)F. The summed E-state index contributed by atoms with van der Waals surface area (Å²) >= 11 is 1.54. The molecule has 34 heavy (non-hydrogen) atoms. The summed E-state index contributed by atoms with van der Waals surface area (Å²) < 4.78 is 37.8. The van der Waals surface area contributed by atoms with E-state index in [9.17, 15) is 23.1 Å². The quantitative estimate of drug-likeness (QED) is 0.442. The second-order valence-electron chi connectivity index (χ2n) is 8.48. The molecule has 1 aliphatic carbocycles. The molecule has 0 spiro atoms. The number of carbonyl (C=O) groups is 1. The Bertz CT molecular complexity index is 981. The van der Waals surface area contributed by atoms with Crippen LogP contribution in [0.4, 0.5) is 13.2 Å². The van der Waals surface area contributed by atoms with Crippen LogP contribution in [-0.2, 0) is 9.54 Å². The fraction of sp³-hybridized carbons (Fsp3) is 0.296. The molecule has 3 aromatic rings. The molecule has 0 bridgehead atoms. The lowest BCUT2D eigenvalue weighted by atomic mass is 9.84. The van der Waals surface area contributed by atoms with E-state index in [1.54, 1.807) is 0 Å². The molecule has 3 nitrogen and oxygen atoms in total. The van der Waals surface area contributed by atoms with Gasteiger partial charge >= 0.3 is 12.1 Å². The maximum absolute atomic E-state index is 12.8. The van der Waals surface area contributed by atoms with E-state index in [4.69, 9.17) is 0 Å². The van der Waals surface area contributed by atoms with E-state index in [0.29, 0.717) is 12.8 Å². The van der Waals surface area contributed by atoms with Crippen LogP contribution in [0, 0.1) is 0 Å². The predicted octanol–water partition coefficient (Wildman–Crippen LogP) is 5.67. The van der Waals surface area contributed by atoms with Gasteiger partial charge in [0.05, 0.1) is 10.9 Å². The summed E-state index contributed by atoms with van der Waals surface area (Å²) in [6, 6.07) is 29.1. The number of amides is 1. The Morgan fingerprint density at radius 3 is 1.65 bits per heavy atom. The van der Waals surface area contributed by atoms with Gasteiger partial charge in [0.15, 0.2) is 0 Å². The van der Waals surface area contributed by atoms with Crippen LogP contribution in [0.25, 0.3) is 0 Å². The Labute approximate surface area is 201 Å². The zero-order valence-electron chi connectivity index (χ0n) is 18.4. The molecule has 0 saturated heterocycles. The van der Waals surface area contributed by atoms with Gasteiger partial charge in [0.1, 0.15) is 0 Å². The van der Waals surface area contributed by atoms with E-state index in [2.05, 4.69) is 5.32 Å². The highest BCUT2D eigenvalue weighted by molar-refractivity contribution is 8.01. The lowest BCUT2D eigenvalue weighted by Crippen LogP contribution is -2.48. The maximum atomic E-state index is 12.8. The monoisotopic (exact) mass is 485 g/mol. The lowest BCUT2D eigenvalue weighted by Gasteiger charge is -2.42. The predicted molar refractivity (Wildman–Crippen MR) is 128 cm³/mol. The molecule has 0 aliphatic heterocycles. The van der Waals surface area contributed by atoms with Gasteiger partial charge in [-0.25, -0.2) is 0 Å². The highest BCUT2D eigenvalue weighted by Crippen LogP contribution is 2.52. The fourth-order valence-electron chi connectivity index (χ4n) is 4.59. The van der Waals surface area contributed by atoms with Crippen molar-refractivity contribution in [3.63, 3.8) is 0 Å². The van der Waals surface area contributed by atoms with E-state index in [0.717, 1.165) is 16.7 Å². The molecule has 178 valence electrons. The second kappa shape index (κ2) is 10.2. The zero-order chi connectivity index (χ0) is 24.2. The molecule has 0 heterocycles. The van der Waals surface area contributed by atoms with E-state index in [1.165, 1.54) is 11.8 Å². The summed E-state index contributed by atoms with van der Waals surface area (Å²) in [5, 5.41) is 12.7. The Hall–Kier alpha value is -2.77. The van der Waals surface area contributed by atoms with Crippen molar-refractivity contribution in [2.75, 3.05) is 0 Å². The number of alkyl halides is 3. The zero-order valence-corrected chi connectivity index (χ0v) is 19.2. The van der Waals surface area contributed by atoms with Crippen molar-refractivity contribution in [1.82, 2.24) is 5.32 Å². The van der Waals surface area contributed by atoms with Crippen LogP contribution in [-0.4, -0.2) is 34.6 Å². The summed E-state index contributed by atoms with van der Waals surface area (Å²) in [5.41, 5.74) is 3.02. The fourth-order valence-corrected chi connectivity index (χ4v) is 6.48. The highest BCUT2D eigenvalue weighted by atomic mass is 32.2. The Balaban J connectivity index is 1.76. The minimum Gasteiger partial charge on any atom is -0.392 e. The molecule has 3 aromatic carbocycles. The van der Waals surface area contributed by atoms with Crippen molar-refractivity contribution in [3.05, 3.63) is 108 Å². The summed E-state index contributed by atoms with van der Waals surface area (Å²) in [7, 11) is 0. The van der Waals surface area contributed by atoms with Crippen LogP contribution in [0.5, 0.6) is 0 Å². The largest absolute Gasteiger partial charge is 0.471 e. The minimum atomic E-state index is -4.93. The molecule has 1 amide bonds. The highest BCUT2D eigenvalue weighted by Gasteiger charge is 2.45. The average molecular weight is 486 g/mol. The van der Waals surface area contributed by atoms with Crippen LogP contribution >= 0.6 is 11.8 Å². The molecule has 0 aromatic heterocycles. The Morgan fingerprint density at radius 1 is 0.794 bits per heavy atom. The van der Waals surface area contributed by atoms with Gasteiger partial charge in [-0.1, -0.05) is 91.0 Å². The van der Waals surface area contributed by atoms with E-state index in [-0.39, 0.29) is 6.42 Å². The average Bonchev–Trinajstić information content (AvgIpc) is 2.85. The van der Waals surface area contributed by atoms with Crippen LogP contribution in [0.1, 0.15) is 36.0 Å². The maximum Gasteiger partial charge on any atom is 0.471 e. The van der Waals surface area contributed by atoms with E-state index < -0.39 is 34.2 Å². The molecule has 2 N–H and O–H groups in total. The first-order chi connectivity index (χ1) is 16.3. The third-order valence-corrected chi connectivity index (χ3v) is 8.09. The molecule has 7 heteroatoms. The Morgan fingerprint density at radius 2 is 1.24 bits per heavy atom. The number of benzene rings is 3. The van der Waals surface area contributed by atoms with Crippen LogP contribution in [0.15, 0.2) is 91.0 Å². The number of rotatable bonds is 6. The van der Waals surface area contributed by atoms with Gasteiger partial charge in [-0.2, -0.15) is 13.2 Å². The molecule has 4 rings (SSSR count). The first kappa shape index (κ1) is 24.4. The number of thioether (sulfide) groups is 1. The summed E-state index contributed by atoms with van der Waals surface area (Å²) in [6.45, 7) is 0. The molecule has 0 unspecified atom stereocenters. The molecule has 1 aliphatic rings. The van der Waals surface area contributed by atoms with Crippen molar-refractivity contribution in [2.24, 2.45) is 0 Å². The number of aliphatic hydroxyl groups is 1. The van der Waals surface area contributed by atoms with Crippen molar-refractivity contribution in [1.29, 1.82) is 0 Å². The molecule has 3 atom stereocenters.